The van der Waals surface area contributed by atoms with E-state index in [2.05, 4.69) is 44.2 Å². The Morgan fingerprint density at radius 1 is 1.12 bits per heavy atom. The molecule has 1 unspecified atom stereocenters. The summed E-state index contributed by atoms with van der Waals surface area (Å²) in [5.74, 6) is 0.493. The molecule has 0 saturated carbocycles. The minimum absolute atomic E-state index is 0.493. The predicted octanol–water partition coefficient (Wildman–Crippen LogP) is 5.13. The summed E-state index contributed by atoms with van der Waals surface area (Å²) in [6.07, 6.45) is 5.95. The van der Waals surface area contributed by atoms with Gasteiger partial charge >= 0.3 is 0 Å². The van der Waals surface area contributed by atoms with Gasteiger partial charge in [0.2, 0.25) is 0 Å². The van der Waals surface area contributed by atoms with Crippen LogP contribution in [0.2, 0.25) is 0 Å². The van der Waals surface area contributed by atoms with Gasteiger partial charge in [0.1, 0.15) is 0 Å². The van der Waals surface area contributed by atoms with E-state index in [1.807, 2.05) is 0 Å². The first kappa shape index (κ1) is 13.4. The first-order valence-electron chi connectivity index (χ1n) is 6.37. The Labute approximate surface area is 105 Å². The zero-order valence-electron chi connectivity index (χ0n) is 10.4. The average molecular weight is 234 g/mol. The van der Waals surface area contributed by atoms with Crippen LogP contribution in [0.5, 0.6) is 0 Å². The third kappa shape index (κ3) is 4.05. The van der Waals surface area contributed by atoms with Crippen LogP contribution in [-0.4, -0.2) is 4.86 Å². The SMILES string of the molecule is CCCCC(=S)C(CCC)c1ccccc1. The second-order valence-corrected chi connectivity index (χ2v) is 4.85. The minimum Gasteiger partial charge on any atom is -0.0890 e. The highest BCUT2D eigenvalue weighted by molar-refractivity contribution is 7.80. The minimum atomic E-state index is 0.493. The highest BCUT2D eigenvalue weighted by Crippen LogP contribution is 2.25. The third-order valence-corrected chi connectivity index (χ3v) is 3.43. The lowest BCUT2D eigenvalue weighted by Crippen LogP contribution is -2.10. The van der Waals surface area contributed by atoms with E-state index in [4.69, 9.17) is 12.2 Å². The molecule has 1 heteroatoms. The van der Waals surface area contributed by atoms with E-state index in [0.717, 1.165) is 6.42 Å². The molecule has 0 radical (unpaired) electrons. The Kier molecular flexibility index (Phi) is 6.32. The summed E-state index contributed by atoms with van der Waals surface area (Å²) in [7, 11) is 0. The van der Waals surface area contributed by atoms with Crippen LogP contribution in [0.15, 0.2) is 30.3 Å². The summed E-state index contributed by atoms with van der Waals surface area (Å²) in [5.41, 5.74) is 1.39. The van der Waals surface area contributed by atoms with E-state index in [1.165, 1.54) is 36.1 Å². The van der Waals surface area contributed by atoms with Crippen LogP contribution >= 0.6 is 12.2 Å². The molecule has 0 fully saturated rings. The van der Waals surface area contributed by atoms with Crippen molar-refractivity contribution in [2.45, 2.75) is 51.9 Å². The Bertz CT molecular complexity index is 302. The number of benzene rings is 1. The van der Waals surface area contributed by atoms with Crippen LogP contribution in [0, 0.1) is 0 Å². The molecular weight excluding hydrogens is 212 g/mol. The molecule has 1 aromatic rings. The monoisotopic (exact) mass is 234 g/mol. The number of hydrogen-bond donors (Lipinski definition) is 0. The second-order valence-electron chi connectivity index (χ2n) is 4.32. The van der Waals surface area contributed by atoms with Gasteiger partial charge < -0.3 is 0 Å². The van der Waals surface area contributed by atoms with Crippen LogP contribution in [0.25, 0.3) is 0 Å². The molecule has 1 aromatic carbocycles. The van der Waals surface area contributed by atoms with E-state index in [9.17, 15) is 0 Å². The summed E-state index contributed by atoms with van der Waals surface area (Å²) < 4.78 is 0. The molecule has 0 aliphatic carbocycles. The average Bonchev–Trinajstić information content (AvgIpc) is 2.34. The molecule has 16 heavy (non-hydrogen) atoms. The molecular formula is C15H22S. The second kappa shape index (κ2) is 7.56. The lowest BCUT2D eigenvalue weighted by atomic mass is 9.89. The quantitative estimate of drug-likeness (QED) is 0.589. The first-order valence-corrected chi connectivity index (χ1v) is 6.78. The molecule has 0 saturated heterocycles. The highest BCUT2D eigenvalue weighted by Gasteiger charge is 2.14. The van der Waals surface area contributed by atoms with Gasteiger partial charge in [0.25, 0.3) is 0 Å². The van der Waals surface area contributed by atoms with E-state index >= 15 is 0 Å². The van der Waals surface area contributed by atoms with Crippen molar-refractivity contribution >= 4 is 17.1 Å². The van der Waals surface area contributed by atoms with Crippen molar-refractivity contribution in [2.75, 3.05) is 0 Å². The first-order chi connectivity index (χ1) is 7.79. The van der Waals surface area contributed by atoms with Crippen molar-refractivity contribution < 1.29 is 0 Å². The van der Waals surface area contributed by atoms with Crippen molar-refractivity contribution in [3.8, 4) is 0 Å². The Morgan fingerprint density at radius 2 is 1.81 bits per heavy atom. The van der Waals surface area contributed by atoms with Gasteiger partial charge in [-0.15, -0.1) is 0 Å². The van der Waals surface area contributed by atoms with Crippen molar-refractivity contribution in [1.29, 1.82) is 0 Å². The molecule has 0 spiro atoms. The smallest absolute Gasteiger partial charge is 0.0153 e. The molecule has 88 valence electrons. The lowest BCUT2D eigenvalue weighted by Gasteiger charge is -2.17. The zero-order chi connectivity index (χ0) is 11.8. The zero-order valence-corrected chi connectivity index (χ0v) is 11.2. The van der Waals surface area contributed by atoms with Crippen LogP contribution in [0.3, 0.4) is 0 Å². The number of thiocarbonyl (C=S) groups is 1. The summed E-state index contributed by atoms with van der Waals surface area (Å²) in [5, 5.41) is 0. The van der Waals surface area contributed by atoms with Crippen molar-refractivity contribution in [1.82, 2.24) is 0 Å². The number of hydrogen-bond acceptors (Lipinski definition) is 1. The van der Waals surface area contributed by atoms with E-state index in [1.54, 1.807) is 0 Å². The summed E-state index contributed by atoms with van der Waals surface area (Å²) >= 11 is 5.59. The van der Waals surface area contributed by atoms with E-state index in [-0.39, 0.29) is 0 Å². The molecule has 0 aliphatic heterocycles. The molecule has 0 amide bonds. The number of unbranched alkanes of at least 4 members (excludes halogenated alkanes) is 1. The van der Waals surface area contributed by atoms with E-state index in [0.29, 0.717) is 5.92 Å². The van der Waals surface area contributed by atoms with Crippen LogP contribution in [0.1, 0.15) is 57.4 Å². The molecule has 0 aliphatic rings. The standard InChI is InChI=1S/C15H22S/c1-3-5-12-15(16)14(9-4-2)13-10-7-6-8-11-13/h6-8,10-11,14H,3-5,9,12H2,1-2H3. The van der Waals surface area contributed by atoms with Gasteiger partial charge in [0.05, 0.1) is 0 Å². The largest absolute Gasteiger partial charge is 0.0890 e. The molecule has 1 rings (SSSR count). The van der Waals surface area contributed by atoms with Gasteiger partial charge in [-0.25, -0.2) is 0 Å². The van der Waals surface area contributed by atoms with Crippen molar-refractivity contribution in [3.05, 3.63) is 35.9 Å². The maximum absolute atomic E-state index is 5.59. The molecule has 0 aromatic heterocycles. The van der Waals surface area contributed by atoms with Gasteiger partial charge in [-0.1, -0.05) is 69.2 Å². The summed E-state index contributed by atoms with van der Waals surface area (Å²) in [4.78, 5) is 1.25. The fourth-order valence-electron chi connectivity index (χ4n) is 2.01. The van der Waals surface area contributed by atoms with Crippen molar-refractivity contribution in [2.24, 2.45) is 0 Å². The van der Waals surface area contributed by atoms with Crippen LogP contribution in [0.4, 0.5) is 0 Å². The Morgan fingerprint density at radius 3 is 2.38 bits per heavy atom. The lowest BCUT2D eigenvalue weighted by molar-refractivity contribution is 0.727. The Balaban J connectivity index is 2.71. The highest BCUT2D eigenvalue weighted by atomic mass is 32.1. The third-order valence-electron chi connectivity index (χ3n) is 2.94. The molecule has 1 atom stereocenters. The van der Waals surface area contributed by atoms with E-state index < -0.39 is 0 Å². The van der Waals surface area contributed by atoms with Gasteiger partial charge in [-0.05, 0) is 24.8 Å². The summed E-state index contributed by atoms with van der Waals surface area (Å²) in [6, 6.07) is 10.7. The maximum Gasteiger partial charge on any atom is 0.0153 e. The molecule has 0 heterocycles. The topological polar surface area (TPSA) is 0 Å². The molecule has 0 bridgehead atoms. The maximum atomic E-state index is 5.59. The van der Waals surface area contributed by atoms with Crippen LogP contribution < -0.4 is 0 Å². The summed E-state index contributed by atoms with van der Waals surface area (Å²) in [6.45, 7) is 4.46. The molecule has 0 nitrogen and oxygen atoms in total. The predicted molar refractivity (Wildman–Crippen MR) is 76.2 cm³/mol. The van der Waals surface area contributed by atoms with Gasteiger partial charge in [-0.2, -0.15) is 0 Å². The fraction of sp³-hybridized carbons (Fsp3) is 0.533. The molecule has 0 N–H and O–H groups in total. The Hall–Kier alpha value is -0.690. The van der Waals surface area contributed by atoms with Gasteiger partial charge in [0.15, 0.2) is 0 Å². The number of rotatable bonds is 7. The van der Waals surface area contributed by atoms with Crippen molar-refractivity contribution in [3.63, 3.8) is 0 Å². The van der Waals surface area contributed by atoms with Crippen LogP contribution in [-0.2, 0) is 0 Å². The fourth-order valence-corrected chi connectivity index (χ4v) is 2.41. The van der Waals surface area contributed by atoms with Gasteiger partial charge in [0, 0.05) is 10.8 Å². The normalized spacial score (nSPS) is 12.4. The van der Waals surface area contributed by atoms with Gasteiger partial charge in [-0.3, -0.25) is 0 Å².